The molecule has 66 valence electrons. The molecule has 0 N–H and O–H groups in total. The molecule has 1 unspecified atom stereocenters. The first kappa shape index (κ1) is 9.19. The smallest absolute Gasteiger partial charge is 0.294 e. The Bertz CT molecular complexity index is 136. The van der Waals surface area contributed by atoms with Crippen LogP contribution in [0, 0.1) is 0 Å². The summed E-state index contributed by atoms with van der Waals surface area (Å²) < 4.78 is 35.3. The maximum Gasteiger partial charge on any atom is 0.401 e. The zero-order chi connectivity index (χ0) is 8.48. The van der Waals surface area contributed by atoms with Crippen LogP contribution in [0.2, 0.25) is 0 Å². The van der Waals surface area contributed by atoms with Gasteiger partial charge in [0.1, 0.15) is 0 Å². The van der Waals surface area contributed by atoms with E-state index >= 15 is 0 Å². The Morgan fingerprint density at radius 2 is 2.09 bits per heavy atom. The zero-order valence-electron chi connectivity index (χ0n) is 5.93. The van der Waals surface area contributed by atoms with Crippen molar-refractivity contribution in [3.05, 3.63) is 0 Å². The number of hydrogen-bond acceptors (Lipinski definition) is 2. The van der Waals surface area contributed by atoms with E-state index in [0.717, 1.165) is 6.42 Å². The number of likely N-dealkylation sites (tertiary alicyclic amines) is 1. The van der Waals surface area contributed by atoms with Gasteiger partial charge in [-0.3, -0.25) is 4.90 Å². The molecule has 1 nitrogen and oxygen atoms in total. The molecule has 0 spiro atoms. The predicted octanol–water partition coefficient (Wildman–Crippen LogP) is 1.55. The summed E-state index contributed by atoms with van der Waals surface area (Å²) in [5.41, 5.74) is 0. The largest absolute Gasteiger partial charge is 0.401 e. The Balaban J connectivity index is 2.29. The van der Waals surface area contributed by atoms with Crippen LogP contribution >= 0.6 is 12.6 Å². The van der Waals surface area contributed by atoms with Crippen LogP contribution in [0.5, 0.6) is 0 Å². The normalized spacial score (nSPS) is 27.8. The molecule has 1 aliphatic rings. The van der Waals surface area contributed by atoms with E-state index in [-0.39, 0.29) is 5.25 Å². The van der Waals surface area contributed by atoms with Crippen LogP contribution in [0.1, 0.15) is 6.42 Å². The molecular formula is C6H10F3NS. The summed E-state index contributed by atoms with van der Waals surface area (Å²) in [6, 6.07) is 0. The average Bonchev–Trinajstić information content (AvgIpc) is 2.10. The molecule has 0 saturated carbocycles. The summed E-state index contributed by atoms with van der Waals surface area (Å²) in [4.78, 5) is 1.39. The molecule has 0 aromatic rings. The molecule has 0 amide bonds. The van der Waals surface area contributed by atoms with E-state index in [1.807, 2.05) is 0 Å². The zero-order valence-corrected chi connectivity index (χ0v) is 6.83. The molecule has 1 aliphatic heterocycles. The summed E-state index contributed by atoms with van der Waals surface area (Å²) in [5.74, 6) is 0. The van der Waals surface area contributed by atoms with E-state index < -0.39 is 12.7 Å². The van der Waals surface area contributed by atoms with E-state index in [1.165, 1.54) is 4.90 Å². The molecule has 0 aromatic carbocycles. The molecule has 0 aromatic heterocycles. The maximum atomic E-state index is 11.8. The third-order valence-corrected chi connectivity index (χ3v) is 2.07. The van der Waals surface area contributed by atoms with Gasteiger partial charge in [-0.15, -0.1) is 0 Å². The summed E-state index contributed by atoms with van der Waals surface area (Å²) >= 11 is 4.09. The third kappa shape index (κ3) is 3.33. The highest BCUT2D eigenvalue weighted by Crippen LogP contribution is 2.21. The Hall–Kier alpha value is 0.100. The van der Waals surface area contributed by atoms with Crippen molar-refractivity contribution in [2.24, 2.45) is 0 Å². The Labute approximate surface area is 69.0 Å². The number of hydrogen-bond donors (Lipinski definition) is 1. The molecule has 5 heteroatoms. The molecule has 11 heavy (non-hydrogen) atoms. The van der Waals surface area contributed by atoms with Crippen LogP contribution in [0.3, 0.4) is 0 Å². The average molecular weight is 185 g/mol. The monoisotopic (exact) mass is 185 g/mol. The Kier molecular flexibility index (Phi) is 2.70. The second kappa shape index (κ2) is 3.23. The molecule has 0 radical (unpaired) electrons. The van der Waals surface area contributed by atoms with Gasteiger partial charge >= 0.3 is 6.18 Å². The molecule has 1 saturated heterocycles. The number of rotatable bonds is 1. The van der Waals surface area contributed by atoms with Gasteiger partial charge in [-0.05, 0) is 13.0 Å². The van der Waals surface area contributed by atoms with Crippen molar-refractivity contribution in [3.8, 4) is 0 Å². The first-order valence-corrected chi connectivity index (χ1v) is 3.96. The van der Waals surface area contributed by atoms with Gasteiger partial charge in [-0.1, -0.05) is 0 Å². The minimum absolute atomic E-state index is 0.123. The number of thiol groups is 1. The van der Waals surface area contributed by atoms with E-state index in [0.29, 0.717) is 13.1 Å². The van der Waals surface area contributed by atoms with Crippen LogP contribution in [-0.4, -0.2) is 36.0 Å². The van der Waals surface area contributed by atoms with E-state index in [2.05, 4.69) is 12.6 Å². The quantitative estimate of drug-likeness (QED) is 0.607. The lowest BCUT2D eigenvalue weighted by Gasteiger charge is -2.16. The van der Waals surface area contributed by atoms with Crippen LogP contribution in [-0.2, 0) is 0 Å². The van der Waals surface area contributed by atoms with Gasteiger partial charge in [-0.2, -0.15) is 25.8 Å². The highest BCUT2D eigenvalue weighted by Gasteiger charge is 2.33. The molecule has 0 aliphatic carbocycles. The summed E-state index contributed by atoms with van der Waals surface area (Å²) in [7, 11) is 0. The van der Waals surface area contributed by atoms with Crippen molar-refractivity contribution >= 4 is 12.6 Å². The van der Waals surface area contributed by atoms with Gasteiger partial charge in [-0.25, -0.2) is 0 Å². The summed E-state index contributed by atoms with van der Waals surface area (Å²) in [6.07, 6.45) is -3.29. The minimum atomic E-state index is -4.06. The first-order chi connectivity index (χ1) is 4.97. The fourth-order valence-electron chi connectivity index (χ4n) is 1.21. The van der Waals surface area contributed by atoms with Crippen molar-refractivity contribution in [2.45, 2.75) is 17.8 Å². The summed E-state index contributed by atoms with van der Waals surface area (Å²) in [5, 5.41) is 0.123. The van der Waals surface area contributed by atoms with Crippen molar-refractivity contribution < 1.29 is 13.2 Å². The lowest BCUT2D eigenvalue weighted by molar-refractivity contribution is -0.143. The van der Waals surface area contributed by atoms with Gasteiger partial charge in [0, 0.05) is 11.8 Å². The fourth-order valence-corrected chi connectivity index (χ4v) is 1.56. The van der Waals surface area contributed by atoms with E-state index in [1.54, 1.807) is 0 Å². The topological polar surface area (TPSA) is 3.24 Å². The van der Waals surface area contributed by atoms with Crippen LogP contribution in [0.25, 0.3) is 0 Å². The predicted molar refractivity (Wildman–Crippen MR) is 39.9 cm³/mol. The van der Waals surface area contributed by atoms with Gasteiger partial charge in [0.25, 0.3) is 0 Å². The minimum Gasteiger partial charge on any atom is -0.294 e. The highest BCUT2D eigenvalue weighted by atomic mass is 32.1. The lowest BCUT2D eigenvalue weighted by atomic mass is 10.4. The van der Waals surface area contributed by atoms with Gasteiger partial charge in [0.05, 0.1) is 6.54 Å². The second-order valence-corrected chi connectivity index (χ2v) is 3.52. The SMILES string of the molecule is FC(F)(F)CN1CCC(S)C1. The van der Waals surface area contributed by atoms with Gasteiger partial charge in [0.2, 0.25) is 0 Å². The molecular weight excluding hydrogens is 175 g/mol. The van der Waals surface area contributed by atoms with Crippen LogP contribution in [0.4, 0.5) is 13.2 Å². The number of halogens is 3. The number of nitrogens with zero attached hydrogens (tertiary/aromatic N) is 1. The molecule has 1 atom stereocenters. The van der Waals surface area contributed by atoms with Gasteiger partial charge < -0.3 is 0 Å². The lowest BCUT2D eigenvalue weighted by Crippen LogP contribution is -2.32. The first-order valence-electron chi connectivity index (χ1n) is 3.44. The Morgan fingerprint density at radius 1 is 1.45 bits per heavy atom. The maximum absolute atomic E-state index is 11.8. The van der Waals surface area contributed by atoms with E-state index in [9.17, 15) is 13.2 Å². The van der Waals surface area contributed by atoms with E-state index in [4.69, 9.17) is 0 Å². The second-order valence-electron chi connectivity index (χ2n) is 2.79. The standard InChI is InChI=1S/C6H10F3NS/c7-6(8,9)4-10-2-1-5(11)3-10/h5,11H,1-4H2. The number of alkyl halides is 3. The fraction of sp³-hybridized carbons (Fsp3) is 1.00. The molecule has 1 rings (SSSR count). The molecule has 1 fully saturated rings. The highest BCUT2D eigenvalue weighted by molar-refractivity contribution is 7.81. The Morgan fingerprint density at radius 3 is 2.45 bits per heavy atom. The van der Waals surface area contributed by atoms with Crippen molar-refractivity contribution in [2.75, 3.05) is 19.6 Å². The van der Waals surface area contributed by atoms with Gasteiger partial charge in [0.15, 0.2) is 0 Å². The van der Waals surface area contributed by atoms with Crippen molar-refractivity contribution in [3.63, 3.8) is 0 Å². The van der Waals surface area contributed by atoms with Crippen LogP contribution in [0.15, 0.2) is 0 Å². The molecule has 1 heterocycles. The summed E-state index contributed by atoms with van der Waals surface area (Å²) in [6.45, 7) is 0.195. The third-order valence-electron chi connectivity index (χ3n) is 1.65. The molecule has 0 bridgehead atoms. The van der Waals surface area contributed by atoms with Crippen molar-refractivity contribution in [1.29, 1.82) is 0 Å². The van der Waals surface area contributed by atoms with Crippen molar-refractivity contribution in [1.82, 2.24) is 4.90 Å². The van der Waals surface area contributed by atoms with Crippen LogP contribution < -0.4 is 0 Å².